The Morgan fingerprint density at radius 1 is 1.58 bits per heavy atom. The minimum atomic E-state index is -0.823. The number of furan rings is 1. The highest BCUT2D eigenvalue weighted by Gasteiger charge is 2.18. The van der Waals surface area contributed by atoms with E-state index < -0.39 is 5.60 Å². The van der Waals surface area contributed by atoms with Gasteiger partial charge in [-0.05, 0) is 38.9 Å². The van der Waals surface area contributed by atoms with Gasteiger partial charge in [-0.25, -0.2) is 0 Å². The van der Waals surface area contributed by atoms with Crippen molar-refractivity contribution in [3.05, 3.63) is 17.9 Å². The molecule has 4 heteroatoms. The standard InChI is InChI=1S/C8H13NO2S/c1-8(2,10)6-4-7(11-5-6)12-9-3/h4-5,9-10H,1-3H3. The van der Waals surface area contributed by atoms with Gasteiger partial charge in [0.1, 0.15) is 0 Å². The Hall–Kier alpha value is -0.450. The molecule has 68 valence electrons. The quantitative estimate of drug-likeness (QED) is 0.707. The van der Waals surface area contributed by atoms with Crippen LogP contribution in [0.15, 0.2) is 21.8 Å². The van der Waals surface area contributed by atoms with Crippen LogP contribution in [0, 0.1) is 0 Å². The van der Waals surface area contributed by atoms with Crippen molar-refractivity contribution in [1.29, 1.82) is 0 Å². The van der Waals surface area contributed by atoms with Gasteiger partial charge >= 0.3 is 0 Å². The number of nitrogens with one attached hydrogen (secondary N) is 1. The summed E-state index contributed by atoms with van der Waals surface area (Å²) in [7, 11) is 1.82. The lowest BCUT2D eigenvalue weighted by atomic mass is 10.0. The average Bonchev–Trinajstić information content (AvgIpc) is 2.35. The van der Waals surface area contributed by atoms with E-state index in [9.17, 15) is 5.11 Å². The monoisotopic (exact) mass is 187 g/mol. The number of aliphatic hydroxyl groups is 1. The summed E-state index contributed by atoms with van der Waals surface area (Å²) >= 11 is 1.38. The highest BCUT2D eigenvalue weighted by atomic mass is 32.2. The van der Waals surface area contributed by atoms with Crippen LogP contribution in [0.3, 0.4) is 0 Å². The molecular weight excluding hydrogens is 174 g/mol. The van der Waals surface area contributed by atoms with Crippen molar-refractivity contribution in [2.24, 2.45) is 0 Å². The Balaban J connectivity index is 2.77. The summed E-state index contributed by atoms with van der Waals surface area (Å²) in [5.74, 6) is 0. The molecule has 0 aliphatic carbocycles. The van der Waals surface area contributed by atoms with E-state index in [2.05, 4.69) is 4.72 Å². The van der Waals surface area contributed by atoms with E-state index in [1.54, 1.807) is 20.1 Å². The maximum atomic E-state index is 9.58. The van der Waals surface area contributed by atoms with E-state index in [0.29, 0.717) is 0 Å². The lowest BCUT2D eigenvalue weighted by Gasteiger charge is -2.13. The zero-order valence-electron chi connectivity index (χ0n) is 7.42. The summed E-state index contributed by atoms with van der Waals surface area (Å²) in [6.07, 6.45) is 1.57. The molecule has 1 aromatic rings. The molecule has 0 aliphatic rings. The first kappa shape index (κ1) is 9.64. The summed E-state index contributed by atoms with van der Waals surface area (Å²) < 4.78 is 8.06. The van der Waals surface area contributed by atoms with Crippen molar-refractivity contribution in [2.45, 2.75) is 24.5 Å². The largest absolute Gasteiger partial charge is 0.456 e. The molecule has 0 saturated heterocycles. The predicted molar refractivity (Wildman–Crippen MR) is 48.9 cm³/mol. The second kappa shape index (κ2) is 3.51. The molecule has 0 fully saturated rings. The van der Waals surface area contributed by atoms with Gasteiger partial charge in [0.2, 0.25) is 0 Å². The van der Waals surface area contributed by atoms with Crippen molar-refractivity contribution in [3.8, 4) is 0 Å². The first-order chi connectivity index (χ1) is 5.54. The van der Waals surface area contributed by atoms with Crippen LogP contribution >= 0.6 is 11.9 Å². The first-order valence-electron chi connectivity index (χ1n) is 3.69. The third kappa shape index (κ3) is 2.27. The Morgan fingerprint density at radius 3 is 2.67 bits per heavy atom. The Morgan fingerprint density at radius 2 is 2.25 bits per heavy atom. The summed E-state index contributed by atoms with van der Waals surface area (Å²) in [6.45, 7) is 3.46. The van der Waals surface area contributed by atoms with Crippen LogP contribution in [0.4, 0.5) is 0 Å². The van der Waals surface area contributed by atoms with Crippen molar-refractivity contribution in [1.82, 2.24) is 4.72 Å². The minimum Gasteiger partial charge on any atom is -0.456 e. The maximum Gasteiger partial charge on any atom is 0.175 e. The Kier molecular flexibility index (Phi) is 2.82. The fraction of sp³-hybridized carbons (Fsp3) is 0.500. The van der Waals surface area contributed by atoms with Crippen LogP contribution < -0.4 is 4.72 Å². The van der Waals surface area contributed by atoms with Gasteiger partial charge < -0.3 is 9.52 Å². The Labute approximate surface area is 76.3 Å². The van der Waals surface area contributed by atoms with E-state index in [-0.39, 0.29) is 0 Å². The first-order valence-corrected chi connectivity index (χ1v) is 4.50. The minimum absolute atomic E-state index is 0.759. The molecule has 1 rings (SSSR count). The SMILES string of the molecule is CNSc1cc(C(C)(C)O)co1. The molecule has 0 atom stereocenters. The van der Waals surface area contributed by atoms with Crippen molar-refractivity contribution < 1.29 is 9.52 Å². The molecule has 3 nitrogen and oxygen atoms in total. The van der Waals surface area contributed by atoms with Crippen molar-refractivity contribution in [3.63, 3.8) is 0 Å². The van der Waals surface area contributed by atoms with Crippen molar-refractivity contribution >= 4 is 11.9 Å². The zero-order chi connectivity index (χ0) is 9.19. The molecule has 0 spiro atoms. The second-order valence-electron chi connectivity index (χ2n) is 3.02. The highest BCUT2D eigenvalue weighted by molar-refractivity contribution is 7.97. The summed E-state index contributed by atoms with van der Waals surface area (Å²) in [6, 6.07) is 1.82. The average molecular weight is 187 g/mol. The molecule has 0 unspecified atom stereocenters. The van der Waals surface area contributed by atoms with Crippen molar-refractivity contribution in [2.75, 3.05) is 7.05 Å². The van der Waals surface area contributed by atoms with Crippen LogP contribution in [0.25, 0.3) is 0 Å². The molecule has 0 radical (unpaired) electrons. The molecule has 12 heavy (non-hydrogen) atoms. The van der Waals surface area contributed by atoms with Gasteiger partial charge in [-0.1, -0.05) is 0 Å². The van der Waals surface area contributed by atoms with Gasteiger partial charge in [-0.3, -0.25) is 4.72 Å². The lowest BCUT2D eigenvalue weighted by molar-refractivity contribution is 0.0779. The molecule has 0 amide bonds. The van der Waals surface area contributed by atoms with Crippen LogP contribution in [-0.4, -0.2) is 12.2 Å². The van der Waals surface area contributed by atoms with Gasteiger partial charge in [-0.15, -0.1) is 0 Å². The van der Waals surface area contributed by atoms with Gasteiger partial charge in [0, 0.05) is 5.56 Å². The number of rotatable bonds is 3. The molecule has 0 bridgehead atoms. The van der Waals surface area contributed by atoms with Gasteiger partial charge in [0.15, 0.2) is 5.09 Å². The lowest BCUT2D eigenvalue weighted by Crippen LogP contribution is -2.13. The zero-order valence-corrected chi connectivity index (χ0v) is 8.23. The molecule has 2 N–H and O–H groups in total. The van der Waals surface area contributed by atoms with E-state index >= 15 is 0 Å². The van der Waals surface area contributed by atoms with E-state index in [4.69, 9.17) is 4.42 Å². The van der Waals surface area contributed by atoms with Crippen LogP contribution in [0.1, 0.15) is 19.4 Å². The highest BCUT2D eigenvalue weighted by Crippen LogP contribution is 2.25. The van der Waals surface area contributed by atoms with Crippen LogP contribution in [-0.2, 0) is 5.60 Å². The van der Waals surface area contributed by atoms with Crippen LogP contribution in [0.5, 0.6) is 0 Å². The summed E-state index contributed by atoms with van der Waals surface area (Å²) in [5.41, 5.74) is -0.0315. The van der Waals surface area contributed by atoms with E-state index in [1.807, 2.05) is 13.1 Å². The Bertz CT molecular complexity index is 252. The normalized spacial score (nSPS) is 12.0. The third-order valence-electron chi connectivity index (χ3n) is 1.48. The molecular formula is C8H13NO2S. The van der Waals surface area contributed by atoms with Gasteiger partial charge in [0.05, 0.1) is 11.9 Å². The maximum absolute atomic E-state index is 9.58. The number of hydrogen-bond donors (Lipinski definition) is 2. The molecule has 0 aromatic carbocycles. The molecule has 0 aliphatic heterocycles. The van der Waals surface area contributed by atoms with Gasteiger partial charge in [-0.2, -0.15) is 0 Å². The predicted octanol–water partition coefficient (Wildman–Crippen LogP) is 1.73. The fourth-order valence-electron chi connectivity index (χ4n) is 0.791. The molecule has 0 saturated carbocycles. The van der Waals surface area contributed by atoms with E-state index in [1.165, 1.54) is 11.9 Å². The van der Waals surface area contributed by atoms with Gasteiger partial charge in [0.25, 0.3) is 0 Å². The third-order valence-corrected chi connectivity index (χ3v) is 2.10. The fourth-order valence-corrected chi connectivity index (χ4v) is 1.27. The molecule has 1 aromatic heterocycles. The summed E-state index contributed by atoms with van der Waals surface area (Å²) in [5, 5.41) is 10.3. The second-order valence-corrected chi connectivity index (χ2v) is 4.03. The summed E-state index contributed by atoms with van der Waals surface area (Å²) in [4.78, 5) is 0. The topological polar surface area (TPSA) is 45.4 Å². The van der Waals surface area contributed by atoms with E-state index in [0.717, 1.165) is 10.7 Å². The smallest absolute Gasteiger partial charge is 0.175 e. The van der Waals surface area contributed by atoms with Crippen LogP contribution in [0.2, 0.25) is 0 Å². The number of hydrogen-bond acceptors (Lipinski definition) is 4. The molecule has 1 heterocycles.